The fraction of sp³-hybridized carbons (Fsp3) is 0.600. The molecule has 0 unspecified atom stereocenters. The maximum atomic E-state index is 12.7. The van der Waals surface area contributed by atoms with Gasteiger partial charge in [0.2, 0.25) is 5.91 Å². The molecule has 1 amide bonds. The van der Waals surface area contributed by atoms with Gasteiger partial charge in [0.1, 0.15) is 5.54 Å². The van der Waals surface area contributed by atoms with Crippen LogP contribution in [0.1, 0.15) is 56.2 Å². The Labute approximate surface area is 143 Å². The van der Waals surface area contributed by atoms with Crippen molar-refractivity contribution in [3.8, 4) is 6.07 Å². The Kier molecular flexibility index (Phi) is 3.85. The fourth-order valence-electron chi connectivity index (χ4n) is 4.16. The van der Waals surface area contributed by atoms with E-state index in [0.717, 1.165) is 25.7 Å². The molecule has 1 aromatic rings. The first-order chi connectivity index (χ1) is 11.6. The first-order valence-corrected chi connectivity index (χ1v) is 9.16. The van der Waals surface area contributed by atoms with Gasteiger partial charge in [0.05, 0.1) is 12.6 Å². The number of nitrogens with zero attached hydrogens (tertiary/aromatic N) is 2. The molecule has 4 heteroatoms. The van der Waals surface area contributed by atoms with E-state index in [0.29, 0.717) is 24.5 Å². The molecule has 3 aliphatic rings. The highest BCUT2D eigenvalue weighted by Gasteiger charge is 2.44. The molecule has 2 saturated carbocycles. The molecule has 4 nitrogen and oxygen atoms in total. The van der Waals surface area contributed by atoms with Crippen LogP contribution in [0.5, 0.6) is 0 Å². The first-order valence-electron chi connectivity index (χ1n) is 9.16. The molecule has 2 fully saturated rings. The lowest BCUT2D eigenvalue weighted by molar-refractivity contribution is -0.124. The lowest BCUT2D eigenvalue weighted by atomic mass is 9.98. The molecule has 0 saturated heterocycles. The van der Waals surface area contributed by atoms with Gasteiger partial charge in [-0.25, -0.2) is 0 Å². The van der Waals surface area contributed by atoms with Crippen molar-refractivity contribution in [3.05, 3.63) is 35.4 Å². The summed E-state index contributed by atoms with van der Waals surface area (Å²) in [6.45, 7) is 2.28. The normalized spacial score (nSPS) is 25.0. The predicted octanol–water partition coefficient (Wildman–Crippen LogP) is 2.95. The van der Waals surface area contributed by atoms with E-state index in [1.807, 2.05) is 6.92 Å². The minimum absolute atomic E-state index is 0.00207. The van der Waals surface area contributed by atoms with Crippen molar-refractivity contribution >= 4 is 5.91 Å². The van der Waals surface area contributed by atoms with E-state index >= 15 is 0 Å². The SMILES string of the molecule is C[C@@](C#N)(NC(=O)CN(C1CC1)[C@H]1CCc2ccccc21)C1CC1. The Balaban J connectivity index is 1.47. The summed E-state index contributed by atoms with van der Waals surface area (Å²) in [5.74, 6) is 0.329. The van der Waals surface area contributed by atoms with E-state index in [4.69, 9.17) is 0 Å². The third kappa shape index (κ3) is 2.93. The van der Waals surface area contributed by atoms with Gasteiger partial charge >= 0.3 is 0 Å². The van der Waals surface area contributed by atoms with Crippen molar-refractivity contribution in [1.29, 1.82) is 5.26 Å². The Hall–Kier alpha value is -1.86. The molecule has 3 aliphatic carbocycles. The predicted molar refractivity (Wildman–Crippen MR) is 92.1 cm³/mol. The minimum Gasteiger partial charge on any atom is -0.337 e. The average Bonchev–Trinajstić information content (AvgIpc) is 3.48. The molecule has 0 radical (unpaired) electrons. The largest absolute Gasteiger partial charge is 0.337 e. The van der Waals surface area contributed by atoms with Crippen LogP contribution in [-0.4, -0.2) is 28.9 Å². The number of hydrogen-bond donors (Lipinski definition) is 1. The number of benzene rings is 1. The summed E-state index contributed by atoms with van der Waals surface area (Å²) in [6.07, 6.45) is 6.67. The van der Waals surface area contributed by atoms with Gasteiger partial charge in [0.15, 0.2) is 0 Å². The molecular formula is C20H25N3O. The Morgan fingerprint density at radius 3 is 2.71 bits per heavy atom. The number of hydrogen-bond acceptors (Lipinski definition) is 3. The molecule has 0 bridgehead atoms. The van der Waals surface area contributed by atoms with E-state index in [-0.39, 0.29) is 5.91 Å². The molecule has 126 valence electrons. The summed E-state index contributed by atoms with van der Waals surface area (Å²) in [7, 11) is 0. The third-order valence-electron chi connectivity index (χ3n) is 5.87. The number of nitriles is 1. The Bertz CT molecular complexity index is 686. The van der Waals surface area contributed by atoms with Gasteiger partial charge in [-0.15, -0.1) is 0 Å². The zero-order valence-corrected chi connectivity index (χ0v) is 14.3. The molecule has 0 spiro atoms. The van der Waals surface area contributed by atoms with Crippen molar-refractivity contribution in [2.45, 2.75) is 63.1 Å². The molecule has 0 aliphatic heterocycles. The second kappa shape index (κ2) is 5.89. The highest BCUT2D eigenvalue weighted by molar-refractivity contribution is 5.79. The van der Waals surface area contributed by atoms with Crippen LogP contribution in [0, 0.1) is 17.2 Å². The second-order valence-corrected chi connectivity index (χ2v) is 7.79. The van der Waals surface area contributed by atoms with Crippen LogP contribution in [0.2, 0.25) is 0 Å². The lowest BCUT2D eigenvalue weighted by Crippen LogP contribution is -2.50. The summed E-state index contributed by atoms with van der Waals surface area (Å²) >= 11 is 0. The molecule has 2 atom stereocenters. The first kappa shape index (κ1) is 15.7. The van der Waals surface area contributed by atoms with E-state index in [2.05, 4.69) is 40.6 Å². The van der Waals surface area contributed by atoms with Crippen LogP contribution in [0.3, 0.4) is 0 Å². The highest BCUT2D eigenvalue weighted by Crippen LogP contribution is 2.42. The number of nitrogens with one attached hydrogen (secondary N) is 1. The van der Waals surface area contributed by atoms with Crippen LogP contribution in [0.4, 0.5) is 0 Å². The molecule has 0 heterocycles. The van der Waals surface area contributed by atoms with Crippen LogP contribution in [-0.2, 0) is 11.2 Å². The molecular weight excluding hydrogens is 298 g/mol. The number of carbonyl (C=O) groups excluding carboxylic acids is 1. The van der Waals surface area contributed by atoms with E-state index < -0.39 is 5.54 Å². The third-order valence-corrected chi connectivity index (χ3v) is 5.87. The van der Waals surface area contributed by atoms with Gasteiger partial charge in [0, 0.05) is 12.1 Å². The molecule has 0 aromatic heterocycles. The number of amides is 1. The van der Waals surface area contributed by atoms with Gasteiger partial charge < -0.3 is 5.32 Å². The minimum atomic E-state index is -0.695. The molecule has 1 N–H and O–H groups in total. The lowest BCUT2D eigenvalue weighted by Gasteiger charge is -2.31. The van der Waals surface area contributed by atoms with Gasteiger partial charge in [-0.05, 0) is 62.5 Å². The summed E-state index contributed by atoms with van der Waals surface area (Å²) in [5.41, 5.74) is 2.12. The zero-order chi connectivity index (χ0) is 16.7. The van der Waals surface area contributed by atoms with Gasteiger partial charge in [0.25, 0.3) is 0 Å². The Morgan fingerprint density at radius 2 is 2.04 bits per heavy atom. The highest BCUT2D eigenvalue weighted by atomic mass is 16.2. The van der Waals surface area contributed by atoms with E-state index in [1.165, 1.54) is 24.0 Å². The van der Waals surface area contributed by atoms with E-state index in [1.54, 1.807) is 0 Å². The Morgan fingerprint density at radius 1 is 1.29 bits per heavy atom. The number of rotatable bonds is 6. The number of fused-ring (bicyclic) bond motifs is 1. The molecule has 4 rings (SSSR count). The van der Waals surface area contributed by atoms with Crippen molar-refractivity contribution in [3.63, 3.8) is 0 Å². The van der Waals surface area contributed by atoms with Crippen molar-refractivity contribution in [1.82, 2.24) is 10.2 Å². The van der Waals surface area contributed by atoms with Gasteiger partial charge in [-0.1, -0.05) is 24.3 Å². The van der Waals surface area contributed by atoms with Gasteiger partial charge in [-0.3, -0.25) is 9.69 Å². The summed E-state index contributed by atoms with van der Waals surface area (Å²) in [5, 5.41) is 12.5. The van der Waals surface area contributed by atoms with E-state index in [9.17, 15) is 10.1 Å². The number of aryl methyl sites for hydroxylation is 1. The van der Waals surface area contributed by atoms with Gasteiger partial charge in [-0.2, -0.15) is 5.26 Å². The van der Waals surface area contributed by atoms with Crippen LogP contribution in [0.25, 0.3) is 0 Å². The maximum Gasteiger partial charge on any atom is 0.235 e. The molecule has 24 heavy (non-hydrogen) atoms. The maximum absolute atomic E-state index is 12.7. The summed E-state index contributed by atoms with van der Waals surface area (Å²) < 4.78 is 0. The van der Waals surface area contributed by atoms with Crippen molar-refractivity contribution in [2.75, 3.05) is 6.54 Å². The van der Waals surface area contributed by atoms with Crippen molar-refractivity contribution in [2.24, 2.45) is 5.92 Å². The smallest absolute Gasteiger partial charge is 0.235 e. The van der Waals surface area contributed by atoms with Crippen molar-refractivity contribution < 1.29 is 4.79 Å². The quantitative estimate of drug-likeness (QED) is 0.875. The summed E-state index contributed by atoms with van der Waals surface area (Å²) in [4.78, 5) is 15.0. The zero-order valence-electron chi connectivity index (χ0n) is 14.3. The van der Waals surface area contributed by atoms with Crippen LogP contribution >= 0.6 is 0 Å². The average molecular weight is 323 g/mol. The topological polar surface area (TPSA) is 56.1 Å². The standard InChI is InChI=1S/C20H25N3O/c1-20(13-21,15-7-8-15)22-19(24)12-23(16-9-10-16)18-11-6-14-4-2-3-5-17(14)18/h2-5,15-16,18H,6-12H2,1H3,(H,22,24)/t18-,20-/m0/s1. The summed E-state index contributed by atoms with van der Waals surface area (Å²) in [6, 6.07) is 11.8. The van der Waals surface area contributed by atoms with Crippen LogP contribution < -0.4 is 5.32 Å². The van der Waals surface area contributed by atoms with Crippen LogP contribution in [0.15, 0.2) is 24.3 Å². The second-order valence-electron chi connectivity index (χ2n) is 7.79. The molecule has 1 aromatic carbocycles. The fourth-order valence-corrected chi connectivity index (χ4v) is 4.16. The monoisotopic (exact) mass is 323 g/mol. The number of carbonyl (C=O) groups is 1.